The van der Waals surface area contributed by atoms with Crippen LogP contribution in [0, 0.1) is 10.8 Å². The molecule has 462 valence electrons. The molecular formula is C60H104N8O13. The fourth-order valence-electron chi connectivity index (χ4n) is 14.5. The van der Waals surface area contributed by atoms with Crippen molar-refractivity contribution in [2.24, 2.45) is 10.8 Å². The number of ketones is 1. The molecule has 0 radical (unpaired) electrons. The van der Waals surface area contributed by atoms with Crippen molar-refractivity contribution in [3.8, 4) is 0 Å². The number of piperidine rings is 3. The molecule has 81 heavy (non-hydrogen) atoms. The third-order valence-electron chi connectivity index (χ3n) is 18.6. The average Bonchev–Trinajstić information content (AvgIpc) is 4.46. The van der Waals surface area contributed by atoms with E-state index in [0.717, 1.165) is 155 Å². The maximum Gasteiger partial charge on any atom is 0.410 e. The highest BCUT2D eigenvalue weighted by atomic mass is 16.6. The molecule has 0 unspecified atom stereocenters. The number of carbonyl (C=O) groups is 7. The summed E-state index contributed by atoms with van der Waals surface area (Å²) in [5.74, 6) is 0.0852. The Morgan fingerprint density at radius 2 is 0.938 bits per heavy atom. The number of amides is 3. The Balaban J connectivity index is 0.000000179. The maximum absolute atomic E-state index is 12.1. The van der Waals surface area contributed by atoms with Gasteiger partial charge in [0.1, 0.15) is 29.5 Å². The van der Waals surface area contributed by atoms with Crippen molar-refractivity contribution in [2.75, 3.05) is 120 Å². The van der Waals surface area contributed by atoms with Gasteiger partial charge in [0.05, 0.1) is 34.5 Å². The van der Waals surface area contributed by atoms with Gasteiger partial charge in [-0.25, -0.2) is 14.4 Å². The third kappa shape index (κ3) is 17.6. The van der Waals surface area contributed by atoms with E-state index in [0.29, 0.717) is 88.0 Å². The first kappa shape index (κ1) is 64.3. The molecule has 3 atom stereocenters. The van der Waals surface area contributed by atoms with Crippen LogP contribution >= 0.6 is 0 Å². The smallest absolute Gasteiger partial charge is 0.410 e. The summed E-state index contributed by atoms with van der Waals surface area (Å²) in [6.07, 6.45) is 17.6. The zero-order valence-corrected chi connectivity index (χ0v) is 51.0. The monoisotopic (exact) mass is 1150 g/mol. The zero-order valence-electron chi connectivity index (χ0n) is 52.0. The van der Waals surface area contributed by atoms with Crippen molar-refractivity contribution in [3.05, 3.63) is 0 Å². The first-order valence-corrected chi connectivity index (χ1v) is 30.8. The second-order valence-electron chi connectivity index (χ2n) is 24.9. The number of hydrogen-bond donors (Lipinski definition) is 1. The van der Waals surface area contributed by atoms with Crippen LogP contribution in [0.3, 0.4) is 0 Å². The van der Waals surface area contributed by atoms with Gasteiger partial charge >= 0.3 is 36.2 Å². The molecule has 8 saturated heterocycles. The molecule has 21 nitrogen and oxygen atoms in total. The second kappa shape index (κ2) is 31.0. The molecule has 0 aromatic heterocycles. The van der Waals surface area contributed by atoms with Gasteiger partial charge in [0.25, 0.3) is 0 Å². The van der Waals surface area contributed by atoms with Crippen LogP contribution in [0.15, 0.2) is 0 Å². The minimum absolute atomic E-state index is 0.0260. The van der Waals surface area contributed by atoms with Crippen LogP contribution in [0.25, 0.3) is 0 Å². The van der Waals surface area contributed by atoms with Gasteiger partial charge in [-0.1, -0.05) is 13.8 Å². The third-order valence-corrected chi connectivity index (χ3v) is 18.6. The number of esters is 3. The normalized spacial score (nSPS) is 28.3. The first-order chi connectivity index (χ1) is 39.3. The van der Waals surface area contributed by atoms with E-state index in [1.165, 1.54) is 34.2 Å². The predicted octanol–water partition coefficient (Wildman–Crippen LogP) is 6.72. The van der Waals surface area contributed by atoms with Gasteiger partial charge in [-0.3, -0.25) is 33.9 Å². The van der Waals surface area contributed by atoms with Crippen LogP contribution in [0.1, 0.15) is 165 Å². The van der Waals surface area contributed by atoms with E-state index in [1.54, 1.807) is 23.6 Å². The SMILES string of the molecule is CCOC(=O)N1CCC2(CC(=O)C2)C1.CCOC(=O)N1CCC2(CC(N3CCC(N4CCC[C@@H]4C(=O)OC)CC3)C2)C1.COC(=O)[C@H]1CCCN1C1CCN(C(=O)OC(C)(C)C)CC1.COC(=O)[C@H]1CCCN1C1CCNCC1.[2H]CC. The highest BCUT2D eigenvalue weighted by molar-refractivity contribution is 5.86. The molecule has 0 bridgehead atoms. The molecule has 3 amide bonds. The van der Waals surface area contributed by atoms with E-state index in [2.05, 4.69) is 24.9 Å². The highest BCUT2D eigenvalue weighted by Gasteiger charge is 2.52. The quantitative estimate of drug-likeness (QED) is 0.188. The predicted molar refractivity (Wildman–Crippen MR) is 306 cm³/mol. The Bertz CT molecular complexity index is 2070. The standard InChI is InChI=1S/C21H35N3O4.C16H28N2O4.C11H20N2O2.C10H15NO3.C2H6/c1-3-28-20(26)23-12-8-21(15-23)13-17(14-21)22-10-6-16(7-11-22)24-9-4-5-18(24)19(25)27-2;1-16(2,3)22-15(20)17-10-7-12(8-11-17)18-9-5-6-13(18)14(19)21-4;1-15-11(14)10-3-2-8-13(10)9-4-6-12-7-5-9;1-2-14-9(13)11-4-3-10(7-11)5-8(12)6-10;1-2/h16-18H,3-15H2,1-2H3;12-13H,5-11H2,1-4H3;9-10,12H,2-8H2,1H3;2-7H2,1H3;1-2H3/t17?,18-,21?;13-;10-;;/m111../s1/i;;;;1D. The average molecular weight is 1150 g/mol. The van der Waals surface area contributed by atoms with E-state index in [-0.39, 0.29) is 59.7 Å². The Kier molecular flexibility index (Phi) is 24.6. The largest absolute Gasteiger partial charge is 0.468 e. The number of likely N-dealkylation sites (tertiary alicyclic amines) is 7. The molecule has 2 aliphatic carbocycles. The fourth-order valence-corrected chi connectivity index (χ4v) is 14.5. The lowest BCUT2D eigenvalue weighted by Gasteiger charge is -2.52. The summed E-state index contributed by atoms with van der Waals surface area (Å²) in [5.41, 5.74) is -0.0120. The van der Waals surface area contributed by atoms with E-state index < -0.39 is 5.60 Å². The van der Waals surface area contributed by atoms with Gasteiger partial charge < -0.3 is 53.3 Å². The molecular weight excluding hydrogens is 1040 g/mol. The van der Waals surface area contributed by atoms with Gasteiger partial charge in [0, 0.05) is 83.1 Å². The second-order valence-corrected chi connectivity index (χ2v) is 24.9. The lowest BCUT2D eigenvalue weighted by Crippen LogP contribution is -2.56. The summed E-state index contributed by atoms with van der Waals surface area (Å²) < 4.78 is 36.5. The minimum Gasteiger partial charge on any atom is -0.468 e. The van der Waals surface area contributed by atoms with Crippen molar-refractivity contribution in [1.29, 1.82) is 0 Å². The van der Waals surface area contributed by atoms with E-state index >= 15 is 0 Å². The van der Waals surface area contributed by atoms with Gasteiger partial charge in [0.2, 0.25) is 0 Å². The lowest BCUT2D eigenvalue weighted by atomic mass is 9.64. The molecule has 8 heterocycles. The van der Waals surface area contributed by atoms with Crippen LogP contribution < -0.4 is 5.32 Å². The van der Waals surface area contributed by atoms with Crippen LogP contribution in [-0.4, -0.2) is 244 Å². The Labute approximate surface area is 485 Å². The molecule has 8 aliphatic heterocycles. The molecule has 0 aromatic rings. The summed E-state index contributed by atoms with van der Waals surface area (Å²) in [5, 5.41) is 3.35. The van der Waals surface area contributed by atoms with Crippen molar-refractivity contribution < 1.29 is 63.4 Å². The molecule has 0 aromatic carbocycles. The van der Waals surface area contributed by atoms with E-state index in [9.17, 15) is 33.6 Å². The fraction of sp³-hybridized carbons (Fsp3) is 0.883. The Hall–Kier alpha value is -4.31. The van der Waals surface area contributed by atoms with Gasteiger partial charge in [-0.2, -0.15) is 0 Å². The number of Topliss-reactive ketones (excluding diaryl/α,β-unsaturated/α-hetero) is 1. The van der Waals surface area contributed by atoms with Crippen molar-refractivity contribution in [3.63, 3.8) is 0 Å². The number of ether oxygens (including phenoxy) is 6. The Morgan fingerprint density at radius 1 is 0.543 bits per heavy atom. The molecule has 2 spiro atoms. The number of nitrogens with zero attached hydrogens (tertiary/aromatic N) is 7. The lowest BCUT2D eigenvalue weighted by molar-refractivity contribution is -0.147. The summed E-state index contributed by atoms with van der Waals surface area (Å²) in [7, 11) is 4.44. The van der Waals surface area contributed by atoms with Gasteiger partial charge in [0.15, 0.2) is 0 Å². The first-order valence-electron chi connectivity index (χ1n) is 31.5. The van der Waals surface area contributed by atoms with Crippen LogP contribution in [0.5, 0.6) is 0 Å². The maximum atomic E-state index is 12.1. The number of nitrogens with one attached hydrogen (secondary N) is 1. The van der Waals surface area contributed by atoms with Crippen molar-refractivity contribution >= 4 is 42.0 Å². The van der Waals surface area contributed by atoms with E-state index in [4.69, 9.17) is 29.8 Å². The van der Waals surface area contributed by atoms with Gasteiger partial charge in [-0.15, -0.1) is 0 Å². The van der Waals surface area contributed by atoms with Gasteiger partial charge in [-0.05, 0) is 189 Å². The van der Waals surface area contributed by atoms with Crippen molar-refractivity contribution in [2.45, 2.75) is 212 Å². The van der Waals surface area contributed by atoms with Crippen LogP contribution in [0.2, 0.25) is 0 Å². The summed E-state index contributed by atoms with van der Waals surface area (Å²) in [4.78, 5) is 96.9. The molecule has 21 heteroatoms. The van der Waals surface area contributed by atoms with Crippen LogP contribution in [-0.2, 0) is 47.6 Å². The molecule has 2 saturated carbocycles. The van der Waals surface area contributed by atoms with E-state index in [1.807, 2.05) is 32.6 Å². The number of methoxy groups -OCH3 is 3. The minimum atomic E-state index is -0.459. The molecule has 10 fully saturated rings. The number of hydrogen-bond acceptors (Lipinski definition) is 18. The Morgan fingerprint density at radius 3 is 1.33 bits per heavy atom. The molecule has 10 aliphatic rings. The van der Waals surface area contributed by atoms with Crippen LogP contribution in [0.4, 0.5) is 14.4 Å². The number of rotatable bonds is 9. The molecule has 1 N–H and O–H groups in total. The summed E-state index contributed by atoms with van der Waals surface area (Å²) in [6.45, 7) is 24.4. The van der Waals surface area contributed by atoms with Crippen molar-refractivity contribution in [1.82, 2.24) is 39.6 Å². The topological polar surface area (TPSA) is 210 Å². The number of carbonyl (C=O) groups excluding carboxylic acids is 7. The molecule has 10 rings (SSSR count). The zero-order chi connectivity index (χ0) is 59.6. The summed E-state index contributed by atoms with van der Waals surface area (Å²) >= 11 is 0. The highest BCUT2D eigenvalue weighted by Crippen LogP contribution is 2.51. The summed E-state index contributed by atoms with van der Waals surface area (Å²) in [6, 6.07) is 2.01.